The Balaban J connectivity index is 1.10. The third-order valence-corrected chi connectivity index (χ3v) is 13.5. The minimum absolute atomic E-state index is 0.598. The number of rotatable bonds is 6. The van der Waals surface area contributed by atoms with Crippen molar-refractivity contribution >= 4 is 75.3 Å². The predicted octanol–water partition coefficient (Wildman–Crippen LogP) is 15.6. The highest BCUT2D eigenvalue weighted by Gasteiger charge is 2.22. The third-order valence-electron chi connectivity index (χ3n) is 12.2. The molecule has 0 unspecified atom stereocenters. The van der Waals surface area contributed by atoms with E-state index in [0.29, 0.717) is 17.5 Å². The van der Waals surface area contributed by atoms with Gasteiger partial charge in [-0.1, -0.05) is 152 Å². The fourth-order valence-corrected chi connectivity index (χ4v) is 10.6. The summed E-state index contributed by atoms with van der Waals surface area (Å²) in [6.07, 6.45) is 0. The van der Waals surface area contributed by atoms with Crippen molar-refractivity contribution in [1.29, 1.82) is 0 Å². The number of para-hydroxylation sites is 3. The Morgan fingerprint density at radius 3 is 1.68 bits per heavy atom. The molecule has 0 aliphatic heterocycles. The van der Waals surface area contributed by atoms with E-state index in [1.165, 1.54) is 43.1 Å². The number of thiophene rings is 1. The lowest BCUT2D eigenvalue weighted by atomic mass is 9.97. The van der Waals surface area contributed by atoms with E-state index in [1.807, 2.05) is 42.5 Å². The molecule has 4 heterocycles. The number of aromatic nitrogens is 4. The molecule has 5 nitrogen and oxygen atoms in total. The molecule has 0 amide bonds. The first-order chi connectivity index (χ1) is 31.2. The summed E-state index contributed by atoms with van der Waals surface area (Å²) < 4.78 is 11.0. The van der Waals surface area contributed by atoms with Crippen LogP contribution in [0.4, 0.5) is 0 Å². The predicted molar refractivity (Wildman–Crippen MR) is 262 cm³/mol. The van der Waals surface area contributed by atoms with E-state index in [4.69, 9.17) is 19.4 Å². The second kappa shape index (κ2) is 14.2. The van der Waals surface area contributed by atoms with Gasteiger partial charge in [-0.3, -0.25) is 0 Å². The van der Waals surface area contributed by atoms with Crippen molar-refractivity contribution in [3.63, 3.8) is 0 Å². The van der Waals surface area contributed by atoms with E-state index in [9.17, 15) is 0 Å². The smallest absolute Gasteiger partial charge is 0.165 e. The van der Waals surface area contributed by atoms with Gasteiger partial charge in [0.25, 0.3) is 0 Å². The van der Waals surface area contributed by atoms with Crippen LogP contribution in [0.1, 0.15) is 0 Å². The molecular weight excluding hydrogens is 789 g/mol. The van der Waals surface area contributed by atoms with Gasteiger partial charge in [0.05, 0.1) is 11.0 Å². The Morgan fingerprint density at radius 1 is 0.333 bits per heavy atom. The topological polar surface area (TPSA) is 56.7 Å². The molecule has 0 saturated heterocycles. The fourth-order valence-electron chi connectivity index (χ4n) is 9.31. The van der Waals surface area contributed by atoms with Crippen LogP contribution in [-0.4, -0.2) is 19.5 Å². The lowest BCUT2D eigenvalue weighted by Gasteiger charge is -2.13. The molecule has 0 N–H and O–H groups in total. The maximum absolute atomic E-state index is 6.23. The summed E-state index contributed by atoms with van der Waals surface area (Å²) in [5, 5.41) is 6.84. The number of benzene rings is 9. The Labute approximate surface area is 365 Å². The van der Waals surface area contributed by atoms with Gasteiger partial charge in [-0.15, -0.1) is 11.3 Å². The third kappa shape index (κ3) is 5.80. The highest BCUT2D eigenvalue weighted by molar-refractivity contribution is 7.26. The minimum atomic E-state index is 0.598. The SMILES string of the molecule is c1ccc(-c2cccc(-c3cccc4c3sc3c(-c5nc(-c6ccccc6)nc(-c6ccc7oc8ccccc8c7c6)n5)cc(-n5c6ccccc6c6ccccc65)cc34)c2)cc1. The number of hydrogen-bond acceptors (Lipinski definition) is 5. The maximum Gasteiger partial charge on any atom is 0.165 e. The van der Waals surface area contributed by atoms with Crippen LogP contribution in [0.25, 0.3) is 126 Å². The van der Waals surface area contributed by atoms with Crippen molar-refractivity contribution in [1.82, 2.24) is 19.5 Å². The minimum Gasteiger partial charge on any atom is -0.456 e. The van der Waals surface area contributed by atoms with Gasteiger partial charge in [-0.25, -0.2) is 15.0 Å². The van der Waals surface area contributed by atoms with Crippen LogP contribution >= 0.6 is 11.3 Å². The molecule has 13 aromatic rings. The van der Waals surface area contributed by atoms with Crippen LogP contribution in [0.5, 0.6) is 0 Å². The van der Waals surface area contributed by atoms with E-state index in [-0.39, 0.29) is 0 Å². The van der Waals surface area contributed by atoms with Gasteiger partial charge in [-0.05, 0) is 76.9 Å². The maximum atomic E-state index is 6.23. The summed E-state index contributed by atoms with van der Waals surface area (Å²) in [4.78, 5) is 15.9. The first-order valence-corrected chi connectivity index (χ1v) is 21.9. The number of fused-ring (bicyclic) bond motifs is 9. The Kier molecular flexibility index (Phi) is 8.01. The van der Waals surface area contributed by atoms with E-state index in [0.717, 1.165) is 65.4 Å². The lowest BCUT2D eigenvalue weighted by molar-refractivity contribution is 0.669. The molecule has 9 aromatic carbocycles. The van der Waals surface area contributed by atoms with E-state index in [1.54, 1.807) is 11.3 Å². The van der Waals surface area contributed by atoms with Crippen molar-refractivity contribution in [2.45, 2.75) is 0 Å². The average molecular weight is 823 g/mol. The van der Waals surface area contributed by atoms with Gasteiger partial charge in [0, 0.05) is 64.1 Å². The highest BCUT2D eigenvalue weighted by atomic mass is 32.1. The summed E-state index contributed by atoms with van der Waals surface area (Å²) in [6, 6.07) is 72.8. The molecular formula is C57H34N4OS. The van der Waals surface area contributed by atoms with Gasteiger partial charge < -0.3 is 8.98 Å². The summed E-state index contributed by atoms with van der Waals surface area (Å²) >= 11 is 1.81. The zero-order valence-corrected chi connectivity index (χ0v) is 34.6. The Hall–Kier alpha value is -8.19. The van der Waals surface area contributed by atoms with E-state index in [2.05, 4.69) is 168 Å². The van der Waals surface area contributed by atoms with Gasteiger partial charge in [0.2, 0.25) is 0 Å². The van der Waals surface area contributed by atoms with Crippen LogP contribution < -0.4 is 0 Å². The molecule has 6 heteroatoms. The summed E-state index contributed by atoms with van der Waals surface area (Å²) in [6.45, 7) is 0. The van der Waals surface area contributed by atoms with Crippen LogP contribution in [-0.2, 0) is 0 Å². The normalized spacial score (nSPS) is 11.8. The van der Waals surface area contributed by atoms with Crippen LogP contribution in [0.2, 0.25) is 0 Å². The molecule has 0 spiro atoms. The molecule has 0 bridgehead atoms. The summed E-state index contributed by atoms with van der Waals surface area (Å²) in [7, 11) is 0. The molecule has 0 radical (unpaired) electrons. The number of nitrogens with zero attached hydrogens (tertiary/aromatic N) is 4. The van der Waals surface area contributed by atoms with Crippen molar-refractivity contribution in [2.24, 2.45) is 0 Å². The molecule has 4 aromatic heterocycles. The molecule has 0 atom stereocenters. The molecule has 0 aliphatic rings. The van der Waals surface area contributed by atoms with Crippen molar-refractivity contribution in [3.8, 4) is 62.1 Å². The van der Waals surface area contributed by atoms with Gasteiger partial charge >= 0.3 is 0 Å². The standard InChI is InChI=1S/C57H34N4OS/c1-3-15-35(16-4-1)37-19-13-20-38(31-37)41-24-14-25-45-47-33-40(61-49-26-10-7-21-42(49)43-22-8-11-27-50(43)61)34-48(54(47)63-53(41)45)57-59-55(36-17-5-2-6-18-36)58-56(60-57)39-29-30-52-46(32-39)44-23-9-12-28-51(44)62-52/h1-34H. The van der Waals surface area contributed by atoms with Crippen molar-refractivity contribution in [3.05, 3.63) is 206 Å². The molecule has 13 rings (SSSR count). The van der Waals surface area contributed by atoms with Crippen molar-refractivity contribution < 1.29 is 4.42 Å². The highest BCUT2D eigenvalue weighted by Crippen LogP contribution is 2.46. The van der Waals surface area contributed by atoms with Gasteiger partial charge in [0.15, 0.2) is 17.5 Å². The summed E-state index contributed by atoms with van der Waals surface area (Å²) in [5.74, 6) is 1.83. The number of hydrogen-bond donors (Lipinski definition) is 0. The van der Waals surface area contributed by atoms with E-state index < -0.39 is 0 Å². The Morgan fingerprint density at radius 2 is 0.905 bits per heavy atom. The zero-order chi connectivity index (χ0) is 41.4. The summed E-state index contributed by atoms with van der Waals surface area (Å²) in [5.41, 5.74) is 12.5. The zero-order valence-electron chi connectivity index (χ0n) is 33.7. The Bertz CT molecular complexity index is 3870. The van der Waals surface area contributed by atoms with Gasteiger partial charge in [-0.2, -0.15) is 0 Å². The second-order valence-corrected chi connectivity index (χ2v) is 17.0. The fraction of sp³-hybridized carbons (Fsp3) is 0. The largest absolute Gasteiger partial charge is 0.456 e. The monoisotopic (exact) mass is 822 g/mol. The average Bonchev–Trinajstić information content (AvgIpc) is 4.04. The first kappa shape index (κ1) is 35.6. The quantitative estimate of drug-likeness (QED) is 0.168. The lowest BCUT2D eigenvalue weighted by Crippen LogP contribution is -2.01. The first-order valence-electron chi connectivity index (χ1n) is 21.1. The van der Waals surface area contributed by atoms with Crippen LogP contribution in [0.15, 0.2) is 211 Å². The molecule has 0 aliphatic carbocycles. The van der Waals surface area contributed by atoms with Gasteiger partial charge in [0.1, 0.15) is 11.2 Å². The second-order valence-electron chi connectivity index (χ2n) is 16.0. The number of furan rings is 1. The van der Waals surface area contributed by atoms with Crippen LogP contribution in [0, 0.1) is 0 Å². The molecule has 0 saturated carbocycles. The van der Waals surface area contributed by atoms with E-state index >= 15 is 0 Å². The van der Waals surface area contributed by atoms with Crippen LogP contribution in [0.3, 0.4) is 0 Å². The molecule has 63 heavy (non-hydrogen) atoms. The molecule has 0 fully saturated rings. The van der Waals surface area contributed by atoms with Crippen molar-refractivity contribution in [2.75, 3.05) is 0 Å². The molecule has 294 valence electrons.